The molecule has 0 unspecified atom stereocenters. The second-order valence-corrected chi connectivity index (χ2v) is 6.80. The number of aliphatic hydroxyl groups is 6. The van der Waals surface area contributed by atoms with Crippen molar-refractivity contribution >= 4 is 23.9 Å². The minimum atomic E-state index is -4.42. The Bertz CT molecular complexity index is 878. The van der Waals surface area contributed by atoms with E-state index < -0.39 is 60.2 Å². The van der Waals surface area contributed by atoms with Crippen LogP contribution in [-0.2, 0) is 38.1 Å². The molecule has 14 heteroatoms. The molecule has 0 amide bonds. The van der Waals surface area contributed by atoms with Crippen LogP contribution >= 0.6 is 0 Å². The topological polar surface area (TPSA) is 227 Å². The Hall–Kier alpha value is -3.40. The lowest BCUT2D eigenvalue weighted by Gasteiger charge is -2.47. The van der Waals surface area contributed by atoms with Crippen molar-refractivity contribution in [2.75, 3.05) is 6.61 Å². The van der Waals surface area contributed by atoms with Gasteiger partial charge in [0.15, 0.2) is 6.10 Å². The predicted octanol–water partition coefficient (Wildman–Crippen LogP) is -1.80. The fourth-order valence-electron chi connectivity index (χ4n) is 2.47. The summed E-state index contributed by atoms with van der Waals surface area (Å²) in [4.78, 5) is 48.8. The molecule has 4 atom stereocenters. The zero-order chi connectivity index (χ0) is 28.2. The summed E-state index contributed by atoms with van der Waals surface area (Å²) in [6.45, 7) is 3.90. The van der Waals surface area contributed by atoms with E-state index in [9.17, 15) is 49.8 Å². The van der Waals surface area contributed by atoms with Crippen molar-refractivity contribution in [2.45, 2.75) is 57.5 Å². The third kappa shape index (κ3) is 7.81. The summed E-state index contributed by atoms with van der Waals surface area (Å²) < 4.78 is 18.4. The van der Waals surface area contributed by atoms with Gasteiger partial charge in [-0.1, -0.05) is 24.3 Å². The number of carbonyl (C=O) groups is 4. The normalized spacial score (nSPS) is 17.5. The zero-order valence-corrected chi connectivity index (χ0v) is 19.9. The Labute approximate surface area is 206 Å². The van der Waals surface area contributed by atoms with Crippen LogP contribution in [0.15, 0.2) is 48.6 Å². The van der Waals surface area contributed by atoms with Gasteiger partial charge in [-0.2, -0.15) is 0 Å². The first kappa shape index (κ1) is 32.6. The summed E-state index contributed by atoms with van der Waals surface area (Å²) in [6, 6.07) is 0. The van der Waals surface area contributed by atoms with Crippen LogP contribution in [0, 0.1) is 0 Å². The monoisotopic (exact) mass is 518 g/mol. The lowest BCUT2D eigenvalue weighted by Crippen LogP contribution is -2.78. The smallest absolute Gasteiger partial charge is 0.419 e. The quantitative estimate of drug-likeness (QED) is 0.0684. The molecule has 0 fully saturated rings. The minimum absolute atomic E-state index is 0.593. The number of carbonyl (C=O) groups excluding carboxylic acids is 4. The first-order valence-corrected chi connectivity index (χ1v) is 10.3. The highest BCUT2D eigenvalue weighted by Crippen LogP contribution is 2.41. The van der Waals surface area contributed by atoms with Gasteiger partial charge in [0.05, 0.1) is 6.61 Å². The molecule has 0 radical (unpaired) electrons. The van der Waals surface area contributed by atoms with Crippen LogP contribution in [0.4, 0.5) is 0 Å². The maximum Gasteiger partial charge on any atom is 0.451 e. The van der Waals surface area contributed by atoms with E-state index in [4.69, 9.17) is 0 Å². The highest BCUT2D eigenvalue weighted by Gasteiger charge is 2.77. The Morgan fingerprint density at radius 1 is 0.667 bits per heavy atom. The number of allylic oxidation sites excluding steroid dienone is 4. The van der Waals surface area contributed by atoms with Gasteiger partial charge in [0.2, 0.25) is 0 Å². The number of ether oxygens (including phenoxy) is 4. The van der Waals surface area contributed by atoms with Crippen molar-refractivity contribution in [3.63, 3.8) is 0 Å². The number of esters is 4. The molecule has 0 aromatic rings. The van der Waals surface area contributed by atoms with Crippen LogP contribution in [0.25, 0.3) is 0 Å². The second-order valence-electron chi connectivity index (χ2n) is 6.80. The first-order valence-electron chi connectivity index (χ1n) is 10.3. The molecule has 0 aromatic heterocycles. The van der Waals surface area contributed by atoms with Gasteiger partial charge in [-0.15, -0.1) is 0 Å². The molecule has 0 aliphatic heterocycles. The third-order valence-corrected chi connectivity index (χ3v) is 4.06. The molecule has 36 heavy (non-hydrogen) atoms. The van der Waals surface area contributed by atoms with E-state index in [1.807, 2.05) is 0 Å². The van der Waals surface area contributed by atoms with Crippen LogP contribution in [0.2, 0.25) is 0 Å². The summed E-state index contributed by atoms with van der Waals surface area (Å²) in [5, 5.41) is 63.4. The van der Waals surface area contributed by atoms with E-state index in [-0.39, 0.29) is 0 Å². The lowest BCUT2D eigenvalue weighted by atomic mass is 9.92. The van der Waals surface area contributed by atoms with Gasteiger partial charge >= 0.3 is 41.4 Å². The van der Waals surface area contributed by atoms with E-state index >= 15 is 0 Å². The molecule has 0 saturated heterocycles. The standard InChI is InChI=1S/C22H30O14/c1-5-9-15(25)33-20(30,19(29)14(24)13-23)21(31,34-16(26)10-6-2)22(32,35-17(27)11-7-3)36-18(28)12-8-4/h5-12,14,19,23-24,29-32H,13H2,1-4H3/b9-5+,10-6+,11-7+,12-8+/t14-,19+,20+,21+/m0/s1. The highest BCUT2D eigenvalue weighted by molar-refractivity contribution is 5.85. The summed E-state index contributed by atoms with van der Waals surface area (Å²) in [6.07, 6.45) is 1.27. The summed E-state index contributed by atoms with van der Waals surface area (Å²) in [5.41, 5.74) is 0. The zero-order valence-electron chi connectivity index (χ0n) is 19.9. The lowest BCUT2D eigenvalue weighted by molar-refractivity contribution is -0.511. The average molecular weight is 518 g/mol. The third-order valence-electron chi connectivity index (χ3n) is 4.06. The van der Waals surface area contributed by atoms with Crippen LogP contribution in [0.3, 0.4) is 0 Å². The van der Waals surface area contributed by atoms with Gasteiger partial charge < -0.3 is 49.6 Å². The maximum absolute atomic E-state index is 12.3. The van der Waals surface area contributed by atoms with Gasteiger partial charge in [-0.3, -0.25) is 0 Å². The molecule has 0 aliphatic carbocycles. The Balaban J connectivity index is 7.47. The molecule has 0 aromatic carbocycles. The molecule has 0 aliphatic rings. The van der Waals surface area contributed by atoms with Crippen molar-refractivity contribution in [1.82, 2.24) is 0 Å². The van der Waals surface area contributed by atoms with Gasteiger partial charge in [-0.25, -0.2) is 19.2 Å². The van der Waals surface area contributed by atoms with Crippen molar-refractivity contribution in [1.29, 1.82) is 0 Å². The van der Waals surface area contributed by atoms with Crippen molar-refractivity contribution in [3.8, 4) is 0 Å². The Kier molecular flexibility index (Phi) is 12.9. The van der Waals surface area contributed by atoms with Gasteiger partial charge in [-0.05, 0) is 27.7 Å². The van der Waals surface area contributed by atoms with Crippen molar-refractivity contribution in [3.05, 3.63) is 48.6 Å². The Morgan fingerprint density at radius 2 is 1.00 bits per heavy atom. The van der Waals surface area contributed by atoms with E-state index in [1.54, 1.807) is 0 Å². The molecule has 6 N–H and O–H groups in total. The molecular weight excluding hydrogens is 488 g/mol. The van der Waals surface area contributed by atoms with Crippen LogP contribution in [-0.4, -0.2) is 90.9 Å². The maximum atomic E-state index is 12.3. The second kappa shape index (κ2) is 14.2. The van der Waals surface area contributed by atoms with Crippen molar-refractivity contribution < 1.29 is 68.8 Å². The SMILES string of the molecule is C/C=C/C(=O)OC(O)(OC(=O)/C=C/C)[C@](O)(OC(=O)/C=C/C)[C@](O)(OC(=O)/C=C/C)[C@H](O)[C@@H](O)CO. The first-order chi connectivity index (χ1) is 16.7. The van der Waals surface area contributed by atoms with E-state index in [0.717, 1.165) is 24.3 Å². The summed E-state index contributed by atoms with van der Waals surface area (Å²) in [7, 11) is 0. The predicted molar refractivity (Wildman–Crippen MR) is 118 cm³/mol. The van der Waals surface area contributed by atoms with Crippen LogP contribution < -0.4 is 0 Å². The number of aliphatic hydroxyl groups excluding tert-OH is 3. The number of hydrogen-bond acceptors (Lipinski definition) is 14. The molecule has 0 heterocycles. The summed E-state index contributed by atoms with van der Waals surface area (Å²) in [5.74, 6) is -19.2. The van der Waals surface area contributed by atoms with E-state index in [1.165, 1.54) is 27.7 Å². The summed E-state index contributed by atoms with van der Waals surface area (Å²) >= 11 is 0. The molecule has 0 bridgehead atoms. The molecule has 202 valence electrons. The molecular formula is C22H30O14. The largest absolute Gasteiger partial charge is 0.451 e. The molecule has 14 nitrogen and oxygen atoms in total. The van der Waals surface area contributed by atoms with Gasteiger partial charge in [0, 0.05) is 24.3 Å². The van der Waals surface area contributed by atoms with Gasteiger partial charge in [0.25, 0.3) is 0 Å². The van der Waals surface area contributed by atoms with E-state index in [2.05, 4.69) is 18.9 Å². The van der Waals surface area contributed by atoms with Gasteiger partial charge in [0.1, 0.15) is 6.10 Å². The fraction of sp³-hybridized carbons (Fsp3) is 0.455. The molecule has 0 spiro atoms. The molecule has 0 rings (SSSR count). The van der Waals surface area contributed by atoms with Crippen molar-refractivity contribution in [2.24, 2.45) is 0 Å². The minimum Gasteiger partial charge on any atom is -0.419 e. The number of hydrogen-bond donors (Lipinski definition) is 6. The average Bonchev–Trinajstić information content (AvgIpc) is 2.77. The molecule has 0 saturated carbocycles. The van der Waals surface area contributed by atoms with E-state index in [0.29, 0.717) is 24.3 Å². The number of rotatable bonds is 13. The van der Waals surface area contributed by atoms with Crippen LogP contribution in [0.5, 0.6) is 0 Å². The Morgan fingerprint density at radius 3 is 1.33 bits per heavy atom. The highest BCUT2D eigenvalue weighted by atomic mass is 16.9. The van der Waals surface area contributed by atoms with Crippen LogP contribution in [0.1, 0.15) is 27.7 Å². The fourth-order valence-corrected chi connectivity index (χ4v) is 2.47.